The number of guanidine groups is 1. The molecule has 1 fully saturated rings. The lowest BCUT2D eigenvalue weighted by Gasteiger charge is -2.26. The molecule has 0 aromatic heterocycles. The third-order valence-electron chi connectivity index (χ3n) is 3.13. The molecule has 0 radical (unpaired) electrons. The van der Waals surface area contributed by atoms with E-state index in [4.69, 9.17) is 0 Å². The lowest BCUT2D eigenvalue weighted by molar-refractivity contribution is -0.133. The number of likely N-dealkylation sites (tertiary alicyclic amines) is 1. The summed E-state index contributed by atoms with van der Waals surface area (Å²) in [4.78, 5) is 17.7. The second-order valence-electron chi connectivity index (χ2n) is 4.93. The van der Waals surface area contributed by atoms with Crippen LogP contribution in [0.2, 0.25) is 0 Å². The number of piperidine rings is 1. The Balaban J connectivity index is 2.40. The van der Waals surface area contributed by atoms with Crippen molar-refractivity contribution in [3.05, 3.63) is 0 Å². The molecule has 1 rings (SSSR count). The minimum absolute atomic E-state index is 0.0403. The number of carbonyl (C=O) groups excluding carboxylic acids is 1. The molecule has 1 aliphatic heterocycles. The second-order valence-corrected chi connectivity index (χ2v) is 4.93. The predicted octanol–water partition coefficient (Wildman–Crippen LogP) is 1.51. The quantitative estimate of drug-likeness (QED) is 0.598. The molecular weight excluding hydrogens is 285 g/mol. The summed E-state index contributed by atoms with van der Waals surface area (Å²) in [5, 5.41) is 5.41. The number of hydrogen-bond acceptors (Lipinski definition) is 2. The maximum absolute atomic E-state index is 12.1. The second kappa shape index (κ2) is 8.74. The Labute approximate surface area is 123 Å². The van der Waals surface area contributed by atoms with Crippen LogP contribution in [0.5, 0.6) is 0 Å². The van der Waals surface area contributed by atoms with Crippen molar-refractivity contribution < 1.29 is 18.0 Å². The van der Waals surface area contributed by atoms with Crippen molar-refractivity contribution >= 4 is 11.9 Å². The third-order valence-corrected chi connectivity index (χ3v) is 3.13. The van der Waals surface area contributed by atoms with Crippen molar-refractivity contribution in [2.45, 2.75) is 38.8 Å². The van der Waals surface area contributed by atoms with E-state index in [2.05, 4.69) is 15.6 Å². The summed E-state index contributed by atoms with van der Waals surface area (Å²) in [7, 11) is 0. The topological polar surface area (TPSA) is 56.7 Å². The van der Waals surface area contributed by atoms with Gasteiger partial charge in [-0.15, -0.1) is 0 Å². The molecule has 1 aliphatic rings. The molecule has 1 amide bonds. The Bertz CT molecular complexity index is 352. The molecule has 21 heavy (non-hydrogen) atoms. The molecule has 122 valence electrons. The minimum Gasteiger partial charge on any atom is -0.357 e. The van der Waals surface area contributed by atoms with Crippen LogP contribution in [0.25, 0.3) is 0 Å². The van der Waals surface area contributed by atoms with Crippen LogP contribution in [0.1, 0.15) is 32.6 Å². The molecule has 0 aromatic rings. The number of aliphatic imine (C=N–C) groups is 1. The first-order chi connectivity index (χ1) is 9.92. The van der Waals surface area contributed by atoms with Gasteiger partial charge >= 0.3 is 6.18 Å². The van der Waals surface area contributed by atoms with E-state index in [0.717, 1.165) is 32.4 Å². The molecule has 1 saturated heterocycles. The number of rotatable bonds is 5. The van der Waals surface area contributed by atoms with Crippen molar-refractivity contribution in [3.8, 4) is 0 Å². The van der Waals surface area contributed by atoms with Crippen molar-refractivity contribution in [1.29, 1.82) is 0 Å². The van der Waals surface area contributed by atoms with Gasteiger partial charge in [-0.1, -0.05) is 0 Å². The molecule has 0 unspecified atom stereocenters. The van der Waals surface area contributed by atoms with E-state index in [1.807, 2.05) is 6.92 Å². The van der Waals surface area contributed by atoms with Gasteiger partial charge in [-0.3, -0.25) is 4.79 Å². The minimum atomic E-state index is -4.20. The van der Waals surface area contributed by atoms with E-state index < -0.39 is 12.6 Å². The number of halogens is 3. The lowest BCUT2D eigenvalue weighted by atomic mass is 10.1. The predicted molar refractivity (Wildman–Crippen MR) is 75.1 cm³/mol. The molecule has 5 nitrogen and oxygen atoms in total. The zero-order valence-corrected chi connectivity index (χ0v) is 12.3. The summed E-state index contributed by atoms with van der Waals surface area (Å²) in [6.07, 6.45) is -2.00. The highest BCUT2D eigenvalue weighted by Gasteiger charge is 2.26. The summed E-state index contributed by atoms with van der Waals surface area (Å²) < 4.78 is 36.3. The molecule has 0 bridgehead atoms. The maximum atomic E-state index is 12.1. The summed E-state index contributed by atoms with van der Waals surface area (Å²) in [5.74, 6) is 0.162. The highest BCUT2D eigenvalue weighted by Crippen LogP contribution is 2.18. The standard InChI is InChI=1S/C13H23F3N4O/c1-2-17-12(18-7-6-13(14,15)16)19-10-11(21)20-8-4-3-5-9-20/h2-10H2,1H3,(H2,17,18,19). The molecule has 8 heteroatoms. The molecule has 0 atom stereocenters. The highest BCUT2D eigenvalue weighted by atomic mass is 19.4. The normalized spacial score (nSPS) is 16.8. The van der Waals surface area contributed by atoms with E-state index in [-0.39, 0.29) is 25.0 Å². The van der Waals surface area contributed by atoms with Gasteiger partial charge in [-0.2, -0.15) is 13.2 Å². The Kier molecular flexibility index (Phi) is 7.31. The van der Waals surface area contributed by atoms with Gasteiger partial charge in [0, 0.05) is 26.2 Å². The molecular formula is C13H23F3N4O. The van der Waals surface area contributed by atoms with Crippen molar-refractivity contribution in [1.82, 2.24) is 15.5 Å². The molecule has 0 spiro atoms. The molecule has 0 saturated carbocycles. The first-order valence-corrected chi connectivity index (χ1v) is 7.29. The number of nitrogens with one attached hydrogen (secondary N) is 2. The Morgan fingerprint density at radius 3 is 2.43 bits per heavy atom. The van der Waals surface area contributed by atoms with Gasteiger partial charge < -0.3 is 15.5 Å². The van der Waals surface area contributed by atoms with Crippen LogP contribution in [-0.4, -0.2) is 55.7 Å². The van der Waals surface area contributed by atoms with Crippen LogP contribution in [0.15, 0.2) is 4.99 Å². The van der Waals surface area contributed by atoms with E-state index in [9.17, 15) is 18.0 Å². The molecule has 1 heterocycles. The first-order valence-electron chi connectivity index (χ1n) is 7.29. The van der Waals surface area contributed by atoms with Gasteiger partial charge in [-0.25, -0.2) is 4.99 Å². The van der Waals surface area contributed by atoms with Crippen LogP contribution in [0, 0.1) is 0 Å². The number of nitrogens with zero attached hydrogens (tertiary/aromatic N) is 2. The van der Waals surface area contributed by atoms with Crippen molar-refractivity contribution in [3.63, 3.8) is 0 Å². The largest absolute Gasteiger partial charge is 0.390 e. The number of alkyl halides is 3. The Hall–Kier alpha value is -1.47. The van der Waals surface area contributed by atoms with Crippen molar-refractivity contribution in [2.24, 2.45) is 4.99 Å². The number of hydrogen-bond donors (Lipinski definition) is 2. The SMILES string of the molecule is CCNC(=NCC(=O)N1CCCCC1)NCCC(F)(F)F. The fourth-order valence-electron chi connectivity index (χ4n) is 2.05. The summed E-state index contributed by atoms with van der Waals surface area (Å²) in [6.45, 7) is 3.52. The Morgan fingerprint density at radius 2 is 1.86 bits per heavy atom. The lowest BCUT2D eigenvalue weighted by Crippen LogP contribution is -2.41. The molecule has 0 aliphatic carbocycles. The first kappa shape index (κ1) is 17.6. The number of carbonyl (C=O) groups is 1. The summed E-state index contributed by atoms with van der Waals surface area (Å²) in [6, 6.07) is 0. The van der Waals surface area contributed by atoms with Crippen LogP contribution < -0.4 is 10.6 Å². The van der Waals surface area contributed by atoms with Crippen molar-refractivity contribution in [2.75, 3.05) is 32.7 Å². The van der Waals surface area contributed by atoms with E-state index >= 15 is 0 Å². The average molecular weight is 308 g/mol. The molecule has 0 aromatic carbocycles. The van der Waals surface area contributed by atoms with E-state index in [1.165, 1.54) is 0 Å². The van der Waals surface area contributed by atoms with Crippen LogP contribution >= 0.6 is 0 Å². The van der Waals surface area contributed by atoms with Gasteiger partial charge in [0.1, 0.15) is 6.54 Å². The zero-order valence-electron chi connectivity index (χ0n) is 12.3. The number of amides is 1. The van der Waals surface area contributed by atoms with E-state index in [0.29, 0.717) is 6.54 Å². The third kappa shape index (κ3) is 7.77. The van der Waals surface area contributed by atoms with Gasteiger partial charge in [-0.05, 0) is 26.2 Å². The highest BCUT2D eigenvalue weighted by molar-refractivity contribution is 5.84. The monoisotopic (exact) mass is 308 g/mol. The Morgan fingerprint density at radius 1 is 1.19 bits per heavy atom. The molecule has 2 N–H and O–H groups in total. The fourth-order valence-corrected chi connectivity index (χ4v) is 2.05. The fraction of sp³-hybridized carbons (Fsp3) is 0.846. The van der Waals surface area contributed by atoms with Crippen LogP contribution in [0.4, 0.5) is 13.2 Å². The summed E-state index contributed by atoms with van der Waals surface area (Å²) in [5.41, 5.74) is 0. The van der Waals surface area contributed by atoms with Gasteiger partial charge in [0.25, 0.3) is 0 Å². The van der Waals surface area contributed by atoms with Crippen LogP contribution in [-0.2, 0) is 4.79 Å². The van der Waals surface area contributed by atoms with Gasteiger partial charge in [0.15, 0.2) is 5.96 Å². The van der Waals surface area contributed by atoms with Gasteiger partial charge in [0.2, 0.25) is 5.91 Å². The maximum Gasteiger partial charge on any atom is 0.390 e. The average Bonchev–Trinajstić information content (AvgIpc) is 2.44. The summed E-state index contributed by atoms with van der Waals surface area (Å²) >= 11 is 0. The van der Waals surface area contributed by atoms with Crippen LogP contribution in [0.3, 0.4) is 0 Å². The zero-order chi connectivity index (χ0) is 15.7. The van der Waals surface area contributed by atoms with E-state index in [1.54, 1.807) is 4.90 Å². The smallest absolute Gasteiger partial charge is 0.357 e. The van der Waals surface area contributed by atoms with Gasteiger partial charge in [0.05, 0.1) is 6.42 Å².